The minimum atomic E-state index is -4.62. The first-order valence-electron chi connectivity index (χ1n) is 6.63. The fraction of sp³-hybridized carbons (Fsp3) is 0.917. The van der Waals surface area contributed by atoms with E-state index in [-0.39, 0.29) is 26.2 Å². The summed E-state index contributed by atoms with van der Waals surface area (Å²) in [6.45, 7) is 5.52. The van der Waals surface area contributed by atoms with Crippen molar-refractivity contribution in [2.45, 2.75) is 39.8 Å². The summed E-state index contributed by atoms with van der Waals surface area (Å²) >= 11 is 0. The molecule has 1 fully saturated rings. The van der Waals surface area contributed by atoms with Crippen molar-refractivity contribution < 1.29 is 31.9 Å². The average molecular weight is 314 g/mol. The van der Waals surface area contributed by atoms with Crippen LogP contribution in [0.4, 0.5) is 8.78 Å². The molecule has 1 aliphatic rings. The highest BCUT2D eigenvalue weighted by Crippen LogP contribution is 2.76. The standard InChI is InChI=1S/C12H21F2O5P/c1-5-17-10(15)9-8-11(9,4)12(13,14)20(16,18-6-2)19-7-3/h9H,5-8H2,1-4H3/t9-,11+/m1/s1. The van der Waals surface area contributed by atoms with Gasteiger partial charge in [-0.1, -0.05) is 6.92 Å². The zero-order chi connectivity index (χ0) is 15.6. The van der Waals surface area contributed by atoms with E-state index in [4.69, 9.17) is 13.8 Å². The van der Waals surface area contributed by atoms with E-state index in [9.17, 15) is 18.1 Å². The largest absolute Gasteiger partial charge is 0.466 e. The van der Waals surface area contributed by atoms with E-state index in [2.05, 4.69) is 0 Å². The van der Waals surface area contributed by atoms with Gasteiger partial charge in [-0.2, -0.15) is 8.78 Å². The van der Waals surface area contributed by atoms with Crippen LogP contribution in [0.2, 0.25) is 0 Å². The molecule has 20 heavy (non-hydrogen) atoms. The number of carbonyl (C=O) groups is 1. The molecule has 8 heteroatoms. The highest BCUT2D eigenvalue weighted by atomic mass is 31.2. The van der Waals surface area contributed by atoms with Crippen molar-refractivity contribution in [3.05, 3.63) is 0 Å². The molecule has 1 aliphatic carbocycles. The number of hydrogen-bond acceptors (Lipinski definition) is 5. The van der Waals surface area contributed by atoms with Crippen molar-refractivity contribution in [2.24, 2.45) is 11.3 Å². The summed E-state index contributed by atoms with van der Waals surface area (Å²) in [4.78, 5) is 11.6. The van der Waals surface area contributed by atoms with Gasteiger partial charge in [0, 0.05) is 0 Å². The summed E-state index contributed by atoms with van der Waals surface area (Å²) in [5.74, 6) is -1.68. The van der Waals surface area contributed by atoms with E-state index < -0.39 is 30.6 Å². The van der Waals surface area contributed by atoms with Gasteiger partial charge in [-0.3, -0.25) is 9.36 Å². The van der Waals surface area contributed by atoms with E-state index in [0.717, 1.165) is 0 Å². The van der Waals surface area contributed by atoms with Gasteiger partial charge in [-0.05, 0) is 27.2 Å². The number of hydrogen-bond donors (Lipinski definition) is 0. The molecule has 0 amide bonds. The van der Waals surface area contributed by atoms with Gasteiger partial charge in [0.2, 0.25) is 0 Å². The molecule has 0 saturated heterocycles. The van der Waals surface area contributed by atoms with Gasteiger partial charge in [0.15, 0.2) is 0 Å². The fourth-order valence-electron chi connectivity index (χ4n) is 2.14. The quantitative estimate of drug-likeness (QED) is 0.507. The minimum absolute atomic E-state index is 0.0943. The topological polar surface area (TPSA) is 61.8 Å². The molecule has 2 atom stereocenters. The number of esters is 1. The summed E-state index contributed by atoms with van der Waals surface area (Å²) in [5.41, 5.74) is -5.48. The van der Waals surface area contributed by atoms with Crippen LogP contribution in [0.5, 0.6) is 0 Å². The van der Waals surface area contributed by atoms with Crippen LogP contribution < -0.4 is 0 Å². The molecule has 0 bridgehead atoms. The van der Waals surface area contributed by atoms with Crippen LogP contribution in [-0.4, -0.2) is 31.5 Å². The molecule has 0 N–H and O–H groups in total. The third kappa shape index (κ3) is 2.76. The zero-order valence-electron chi connectivity index (χ0n) is 12.2. The van der Waals surface area contributed by atoms with E-state index in [1.807, 2.05) is 0 Å². The predicted molar refractivity (Wildman–Crippen MR) is 68.7 cm³/mol. The Kier molecular flexibility index (Phi) is 5.33. The maximum Gasteiger partial charge on any atom is 0.400 e. The van der Waals surface area contributed by atoms with Crippen LogP contribution in [0.15, 0.2) is 0 Å². The van der Waals surface area contributed by atoms with Crippen molar-refractivity contribution in [1.29, 1.82) is 0 Å². The Balaban J connectivity index is 2.98. The maximum atomic E-state index is 14.5. The normalized spacial score (nSPS) is 26.4. The number of rotatable bonds is 8. The first-order chi connectivity index (χ1) is 9.20. The predicted octanol–water partition coefficient (Wildman–Crippen LogP) is 3.43. The maximum absolute atomic E-state index is 14.5. The van der Waals surface area contributed by atoms with Gasteiger partial charge in [-0.25, -0.2) is 0 Å². The second-order valence-electron chi connectivity index (χ2n) is 4.80. The van der Waals surface area contributed by atoms with Gasteiger partial charge in [0.1, 0.15) is 0 Å². The molecule has 0 aliphatic heterocycles. The summed E-state index contributed by atoms with van der Waals surface area (Å²) < 4.78 is 55.6. The van der Waals surface area contributed by atoms with Crippen LogP contribution >= 0.6 is 7.60 Å². The average Bonchev–Trinajstić information content (AvgIpc) is 3.04. The number of alkyl halides is 2. The smallest absolute Gasteiger partial charge is 0.400 e. The fourth-order valence-corrected chi connectivity index (χ4v) is 4.09. The molecule has 0 radical (unpaired) electrons. The lowest BCUT2D eigenvalue weighted by molar-refractivity contribution is -0.147. The molecule has 118 valence electrons. The zero-order valence-corrected chi connectivity index (χ0v) is 13.0. The molecule has 5 nitrogen and oxygen atoms in total. The summed E-state index contributed by atoms with van der Waals surface area (Å²) in [7, 11) is -4.62. The highest BCUT2D eigenvalue weighted by Gasteiger charge is 2.77. The first-order valence-corrected chi connectivity index (χ1v) is 8.18. The van der Waals surface area contributed by atoms with Crippen LogP contribution in [0.1, 0.15) is 34.1 Å². The van der Waals surface area contributed by atoms with Gasteiger partial charge in [0.25, 0.3) is 0 Å². The molecular formula is C12H21F2O5P. The lowest BCUT2D eigenvalue weighted by Crippen LogP contribution is -2.33. The molecule has 0 heterocycles. The Morgan fingerprint density at radius 2 is 1.75 bits per heavy atom. The molecule has 1 saturated carbocycles. The van der Waals surface area contributed by atoms with Gasteiger partial charge in [0.05, 0.1) is 31.2 Å². The number of halogens is 2. The van der Waals surface area contributed by atoms with Gasteiger partial charge in [-0.15, -0.1) is 0 Å². The van der Waals surface area contributed by atoms with Crippen LogP contribution in [0.25, 0.3) is 0 Å². The number of carbonyl (C=O) groups excluding carboxylic acids is 1. The van der Waals surface area contributed by atoms with E-state index >= 15 is 0 Å². The molecule has 1 rings (SSSR count). The van der Waals surface area contributed by atoms with E-state index in [1.54, 1.807) is 6.92 Å². The summed E-state index contributed by atoms with van der Waals surface area (Å²) in [6, 6.07) is 0. The Hall–Kier alpha value is -0.520. The molecular weight excluding hydrogens is 293 g/mol. The van der Waals surface area contributed by atoms with E-state index in [1.165, 1.54) is 20.8 Å². The van der Waals surface area contributed by atoms with Crippen LogP contribution in [-0.2, 0) is 23.1 Å². The Morgan fingerprint density at radius 1 is 1.25 bits per heavy atom. The lowest BCUT2D eigenvalue weighted by atomic mass is 10.1. The van der Waals surface area contributed by atoms with Crippen LogP contribution in [0, 0.1) is 11.3 Å². The third-order valence-electron chi connectivity index (χ3n) is 3.44. The number of ether oxygens (including phenoxy) is 1. The van der Waals surface area contributed by atoms with Crippen molar-refractivity contribution in [3.8, 4) is 0 Å². The van der Waals surface area contributed by atoms with Crippen molar-refractivity contribution >= 4 is 13.6 Å². The van der Waals surface area contributed by atoms with Gasteiger partial charge >= 0.3 is 19.2 Å². The monoisotopic (exact) mass is 314 g/mol. The van der Waals surface area contributed by atoms with E-state index in [0.29, 0.717) is 0 Å². The van der Waals surface area contributed by atoms with Crippen molar-refractivity contribution in [2.75, 3.05) is 19.8 Å². The molecule has 0 aromatic rings. The van der Waals surface area contributed by atoms with Crippen molar-refractivity contribution in [3.63, 3.8) is 0 Å². The molecule has 0 spiro atoms. The Bertz CT molecular complexity index is 405. The van der Waals surface area contributed by atoms with Crippen molar-refractivity contribution in [1.82, 2.24) is 0 Å². The van der Waals surface area contributed by atoms with Gasteiger partial charge < -0.3 is 13.8 Å². The second kappa shape index (κ2) is 6.08. The molecule has 0 unspecified atom stereocenters. The summed E-state index contributed by atoms with van der Waals surface area (Å²) in [6.07, 6.45) is -0.0943. The first kappa shape index (κ1) is 17.5. The van der Waals surface area contributed by atoms with Crippen LogP contribution in [0.3, 0.4) is 0 Å². The Labute approximate surface area is 117 Å². The third-order valence-corrected chi connectivity index (χ3v) is 5.83. The minimum Gasteiger partial charge on any atom is -0.466 e. The second-order valence-corrected chi connectivity index (χ2v) is 6.87. The lowest BCUT2D eigenvalue weighted by Gasteiger charge is -2.30. The summed E-state index contributed by atoms with van der Waals surface area (Å²) in [5, 5.41) is 0. The SMILES string of the molecule is CCOC(=O)[C@H]1C[C@]1(C)C(F)(F)P(=O)(OCC)OCC. The Morgan fingerprint density at radius 3 is 2.15 bits per heavy atom. The molecule has 0 aromatic carbocycles. The highest BCUT2D eigenvalue weighted by molar-refractivity contribution is 7.55. The molecule has 0 aromatic heterocycles.